The summed E-state index contributed by atoms with van der Waals surface area (Å²) in [5.41, 5.74) is 34.9. The van der Waals surface area contributed by atoms with E-state index in [9.17, 15) is 19.6 Å². The van der Waals surface area contributed by atoms with Crippen LogP contribution in [0.25, 0.3) is 27.1 Å². The van der Waals surface area contributed by atoms with Crippen LogP contribution < -0.4 is 22.9 Å². The van der Waals surface area contributed by atoms with Crippen LogP contribution in [0, 0.1) is 51.4 Å². The molecule has 12 aliphatic rings. The van der Waals surface area contributed by atoms with Gasteiger partial charge in [0, 0.05) is 78.6 Å². The number of hydrogen-bond donors (Lipinski definition) is 4. The van der Waals surface area contributed by atoms with Crippen LogP contribution in [-0.2, 0) is 76.7 Å². The topological polar surface area (TPSA) is 274 Å². The number of halogens is 2. The molecule has 4 unspecified atom stereocenters. The highest BCUT2D eigenvalue weighted by molar-refractivity contribution is 9.10. The largest absolute Gasteiger partial charge is 0.381 e. The predicted molar refractivity (Wildman–Crippen MR) is 422 cm³/mol. The summed E-state index contributed by atoms with van der Waals surface area (Å²) < 4.78 is 13.1. The summed E-state index contributed by atoms with van der Waals surface area (Å²) in [7, 11) is 10.5. The van der Waals surface area contributed by atoms with Crippen LogP contribution in [0.5, 0.6) is 0 Å². The van der Waals surface area contributed by atoms with E-state index in [0.717, 1.165) is 186 Å². The summed E-state index contributed by atoms with van der Waals surface area (Å²) in [5, 5.41) is 10.9. The number of guanidine groups is 4. The lowest BCUT2D eigenvalue weighted by atomic mass is 9.60. The highest BCUT2D eigenvalue weighted by Gasteiger charge is 2.70. The Morgan fingerprint density at radius 2 is 0.841 bits per heavy atom. The molecule has 8 N–H and O–H groups in total. The molecule has 18 rings (SSSR count). The Balaban J connectivity index is 0.000000115. The summed E-state index contributed by atoms with van der Waals surface area (Å²) in [5.74, 6) is 2.87. The Morgan fingerprint density at radius 3 is 1.23 bits per heavy atom. The van der Waals surface area contributed by atoms with Crippen molar-refractivity contribution in [2.75, 3.05) is 42.4 Å². The van der Waals surface area contributed by atoms with Crippen LogP contribution in [0.2, 0.25) is 0 Å². The average Bonchev–Trinajstić information content (AvgIpc) is 1.56. The monoisotopic (exact) mass is 1570 g/mol. The van der Waals surface area contributed by atoms with E-state index >= 15 is 0 Å². The van der Waals surface area contributed by atoms with E-state index in [4.69, 9.17) is 63.8 Å². The highest BCUT2D eigenvalue weighted by atomic mass is 79.9. The van der Waals surface area contributed by atoms with Crippen molar-refractivity contribution in [1.82, 2.24) is 19.8 Å². The molecule has 20 nitrogen and oxygen atoms in total. The molecule has 0 saturated heterocycles. The molecule has 6 aromatic rings. The third-order valence-corrected chi connectivity index (χ3v) is 28.1. The van der Waals surface area contributed by atoms with E-state index in [2.05, 4.69) is 129 Å². The molecule has 4 fully saturated rings. The van der Waals surface area contributed by atoms with Gasteiger partial charge in [-0.2, -0.15) is 5.26 Å². The average molecular weight is 1570 g/mol. The van der Waals surface area contributed by atoms with Crippen molar-refractivity contribution in [1.29, 1.82) is 5.26 Å². The summed E-state index contributed by atoms with van der Waals surface area (Å²) in [6, 6.07) is 42.9. The van der Waals surface area contributed by atoms with Gasteiger partial charge in [-0.3, -0.25) is 29.1 Å². The number of rotatable bonds is 4. The lowest BCUT2D eigenvalue weighted by Crippen LogP contribution is -2.51. The number of hydroxylamine groups is 2. The highest BCUT2D eigenvalue weighted by Crippen LogP contribution is 2.67. The molecule has 22 heteroatoms. The number of nitrogens with zero attached hydrogens (tertiary/aromatic N) is 10. The molecule has 8 spiro atoms. The fraction of sp³-hybridized carbons (Fsp3) is 0.471. The minimum Gasteiger partial charge on any atom is -0.381 e. The molecule has 107 heavy (non-hydrogen) atoms. The third-order valence-electron chi connectivity index (χ3n) is 27.2. The Labute approximate surface area is 644 Å². The van der Waals surface area contributed by atoms with Gasteiger partial charge in [0.05, 0.1) is 30.4 Å². The zero-order chi connectivity index (χ0) is 75.5. The van der Waals surface area contributed by atoms with Crippen LogP contribution in [0.4, 0.5) is 5.69 Å². The molecule has 556 valence electrons. The molecule has 8 aliphatic carbocycles. The molecule has 0 aromatic heterocycles. The summed E-state index contributed by atoms with van der Waals surface area (Å²) in [6.45, 7) is 12.0. The summed E-state index contributed by atoms with van der Waals surface area (Å²) in [4.78, 5) is 74.4. The van der Waals surface area contributed by atoms with E-state index < -0.39 is 22.3 Å². The predicted octanol–water partition coefficient (Wildman–Crippen LogP) is 14.1. The molecule has 6 aromatic carbocycles. The van der Waals surface area contributed by atoms with Gasteiger partial charge >= 0.3 is 0 Å². The normalized spacial score (nSPS) is 32.3. The maximum atomic E-state index is 13.7. The minimum absolute atomic E-state index is 0.00715. The van der Waals surface area contributed by atoms with E-state index in [1.54, 1.807) is 46.5 Å². The van der Waals surface area contributed by atoms with Crippen molar-refractivity contribution in [3.05, 3.63) is 192 Å². The number of carbonyl (C=O) groups excluding carboxylic acids is 3. The smallest absolute Gasteiger partial charge is 0.262 e. The number of carbonyl (C=O) groups is 3. The quantitative estimate of drug-likeness (QED) is 0.120. The molecule has 0 radical (unpaired) electrons. The lowest BCUT2D eigenvalue weighted by molar-refractivity contribution is -0.229. The number of benzene rings is 6. The Morgan fingerprint density at radius 1 is 0.477 bits per heavy atom. The SMILES string of the molecule is CC1CCC2(CC1)Cc1ccc(Br)cc1C21N=C(N)N(C)C1=O.COC1CCC2(CC1)Cc1ccc(-c3cccc(C#N)c3)cc1C21N=C(N)N(C)C1=O.COC1CCC2(CC1)Cc1ccc(Br)cc1C21N=C(N)N(C)C1=O.[C-]#[N+]c1cccc(-c2ccc3c(c2)C2(N=C(N)N(C)O2)C2(CCC(C)CC2)C3)c1. The van der Waals surface area contributed by atoms with E-state index in [1.165, 1.54) is 44.2 Å². The van der Waals surface area contributed by atoms with Crippen LogP contribution >= 0.6 is 31.9 Å². The van der Waals surface area contributed by atoms with Gasteiger partial charge < -0.3 is 32.4 Å². The molecular formula is C85H96Br2N14O6. The van der Waals surface area contributed by atoms with Gasteiger partial charge in [-0.05, 0) is 243 Å². The van der Waals surface area contributed by atoms with Crippen molar-refractivity contribution >= 4 is 79.1 Å². The first-order chi connectivity index (χ1) is 51.2. The van der Waals surface area contributed by atoms with Crippen LogP contribution in [0.3, 0.4) is 0 Å². The van der Waals surface area contributed by atoms with Crippen LogP contribution in [-0.4, -0.2) is 116 Å². The first kappa shape index (κ1) is 73.7. The molecule has 4 aliphatic heterocycles. The Kier molecular flexibility index (Phi) is 18.9. The molecule has 4 heterocycles. The maximum absolute atomic E-state index is 13.7. The number of aliphatic imine (C=N–C) groups is 4. The zero-order valence-corrected chi connectivity index (χ0v) is 65.7. The van der Waals surface area contributed by atoms with Crippen molar-refractivity contribution in [2.24, 2.45) is 76.4 Å². The van der Waals surface area contributed by atoms with Crippen molar-refractivity contribution in [2.45, 2.75) is 177 Å². The number of hydrogen-bond acceptors (Lipinski definition) is 16. The number of nitriles is 1. The van der Waals surface area contributed by atoms with E-state index in [0.29, 0.717) is 29.1 Å². The zero-order valence-electron chi connectivity index (χ0n) is 62.5. The van der Waals surface area contributed by atoms with Gasteiger partial charge in [0.15, 0.2) is 40.2 Å². The van der Waals surface area contributed by atoms with Crippen molar-refractivity contribution < 1.29 is 28.7 Å². The third kappa shape index (κ3) is 11.4. The second-order valence-corrected chi connectivity index (χ2v) is 34.4. The Bertz CT molecular complexity index is 4830. The molecule has 0 bridgehead atoms. The van der Waals surface area contributed by atoms with Gasteiger partial charge in [-0.15, -0.1) is 0 Å². The van der Waals surface area contributed by atoms with Crippen LogP contribution in [0.15, 0.2) is 150 Å². The van der Waals surface area contributed by atoms with Crippen molar-refractivity contribution in [3.8, 4) is 28.3 Å². The lowest BCUT2D eigenvalue weighted by Gasteiger charge is -2.45. The van der Waals surface area contributed by atoms with Gasteiger partial charge in [0.1, 0.15) is 0 Å². The number of ether oxygens (including phenoxy) is 2. The molecule has 3 amide bonds. The second kappa shape index (κ2) is 27.4. The summed E-state index contributed by atoms with van der Waals surface area (Å²) in [6.07, 6.45) is 20.4. The van der Waals surface area contributed by atoms with Gasteiger partial charge in [0.25, 0.3) is 17.7 Å². The molecule has 4 atom stereocenters. The van der Waals surface area contributed by atoms with Crippen LogP contribution in [0.1, 0.15) is 167 Å². The minimum atomic E-state index is -0.983. The van der Waals surface area contributed by atoms with Gasteiger partial charge in [-0.25, -0.2) is 34.7 Å². The number of likely N-dealkylation sites (N-methyl/N-ethyl adjacent to an activating group) is 3. The van der Waals surface area contributed by atoms with Crippen molar-refractivity contribution in [3.63, 3.8) is 0 Å². The fourth-order valence-electron chi connectivity index (χ4n) is 21.0. The number of methoxy groups -OCH3 is 2. The van der Waals surface area contributed by atoms with Gasteiger partial charge in [0.2, 0.25) is 11.7 Å². The maximum Gasteiger partial charge on any atom is 0.262 e. The molecule has 4 saturated carbocycles. The number of amides is 3. The molecular weight excluding hydrogens is 1470 g/mol. The second-order valence-electron chi connectivity index (χ2n) is 32.6. The fourth-order valence-corrected chi connectivity index (χ4v) is 21.7. The standard InChI is InChI=1S/C25H26N4O2.C24H26N4O.C18H22BrN3O2.C18H22BrN3O/c1-29-22(30)25(28-23(29)27)21-13-18(17-5-3-4-16(12-17)15-26)6-7-19(21)14-24(25)10-8-20(31-2)9-11-24;1-16-9-11-23(12-10-16)15-19-8-7-18(17-5-4-6-20(13-17)26-2)14-21(19)24(23)27-22(25)28(3)29-24;1-22-15(23)18(21-16(22)20)14-9-12(19)4-3-11(14)10-17(18)7-5-13(24-2)6-8-17;1-11-5-7-17(8-6-11)10-12-3-4-13(19)9-14(12)18(17)15(23)22(2)16(20)21-18/h3-7,12-13,20H,8-11,14H2,1-2H3,(H2,27,28);4-8,13-14,16H,9-12,15H2,1,3H3,(H2,25,27);3-4,9,13H,5-8,10H2,1-2H3,(H2,20,21);3-4,9,11H,5-8,10H2,1-2H3,(H2,20,21). The first-order valence-electron chi connectivity index (χ1n) is 37.8. The van der Waals surface area contributed by atoms with Gasteiger partial charge in [-0.1, -0.05) is 125 Å². The van der Waals surface area contributed by atoms with E-state index in [-0.39, 0.29) is 57.5 Å². The first-order valence-corrected chi connectivity index (χ1v) is 39.4. The Hall–Kier alpha value is -8.77. The van der Waals surface area contributed by atoms with E-state index in [1.807, 2.05) is 49.5 Å². The number of fused-ring (bicyclic) bond motifs is 12. The number of nitrogens with two attached hydrogens (primary N) is 4. The summed E-state index contributed by atoms with van der Waals surface area (Å²) >= 11 is 7.12.